The summed E-state index contributed by atoms with van der Waals surface area (Å²) in [4.78, 5) is 24.7. The van der Waals surface area contributed by atoms with Crippen LogP contribution in [-0.4, -0.2) is 55.5 Å². The third-order valence-corrected chi connectivity index (χ3v) is 5.43. The Labute approximate surface area is 219 Å². The van der Waals surface area contributed by atoms with Gasteiger partial charge in [0.1, 0.15) is 17.4 Å². The number of nitrogens with one attached hydrogen (secondary N) is 2. The molecule has 1 aromatic carbocycles. The molecule has 0 atom stereocenters. The second-order valence-electron chi connectivity index (χ2n) is 8.16. The average Bonchev–Trinajstić information content (AvgIpc) is 2.90. The molecule has 0 bridgehead atoms. The standard InChI is InChI=1S/C29H33N7O/c1-8-11-24(29-33-14-10-15-36(29)7)27(20-37)34-26(18-35(6)19-28(31-5)32-9-2)22(4)25-16-23(17-30)13-12-21(25)3/h8-16,18,34H,2,4,19H2,1,3,5-7H3,(H,31,32)/b11-8+,26-18+,29-24+. The summed E-state index contributed by atoms with van der Waals surface area (Å²) in [5.74, 6) is 3.33. The van der Waals surface area contributed by atoms with Gasteiger partial charge in [0.25, 0.3) is 0 Å². The molecule has 1 aromatic rings. The van der Waals surface area contributed by atoms with Gasteiger partial charge in [0.05, 0.1) is 29.4 Å². The molecule has 0 spiro atoms. The topological polar surface area (TPSA) is 96.1 Å². The largest absolute Gasteiger partial charge is 0.375 e. The number of likely N-dealkylation sites (N-methyl/N-ethyl adjacent to an activating group) is 2. The number of benzene rings is 1. The van der Waals surface area contributed by atoms with Crippen molar-refractivity contribution in [2.45, 2.75) is 13.8 Å². The predicted molar refractivity (Wildman–Crippen MR) is 152 cm³/mol. The number of allylic oxidation sites excluding steroid dienone is 4. The number of aryl methyl sites for hydroxylation is 1. The van der Waals surface area contributed by atoms with Gasteiger partial charge in [0.15, 0.2) is 5.94 Å². The van der Waals surface area contributed by atoms with E-state index in [1.807, 2.05) is 74.3 Å². The normalized spacial score (nSPS) is 14.6. The highest BCUT2D eigenvalue weighted by Gasteiger charge is 2.18. The van der Waals surface area contributed by atoms with Gasteiger partial charge < -0.3 is 20.4 Å². The third kappa shape index (κ3) is 7.56. The Balaban J connectivity index is 2.63. The van der Waals surface area contributed by atoms with E-state index in [4.69, 9.17) is 0 Å². The van der Waals surface area contributed by atoms with Gasteiger partial charge in [0.2, 0.25) is 0 Å². The van der Waals surface area contributed by atoms with E-state index in [0.29, 0.717) is 40.6 Å². The summed E-state index contributed by atoms with van der Waals surface area (Å²) < 4.78 is 0. The first-order valence-electron chi connectivity index (χ1n) is 11.6. The number of nitriles is 1. The third-order valence-electron chi connectivity index (χ3n) is 5.43. The van der Waals surface area contributed by atoms with Gasteiger partial charge in [-0.1, -0.05) is 31.4 Å². The number of aliphatic imine (C=N–C) groups is 2. The minimum Gasteiger partial charge on any atom is -0.375 e. The first-order valence-corrected chi connectivity index (χ1v) is 11.6. The van der Waals surface area contributed by atoms with E-state index in [1.54, 1.807) is 31.5 Å². The van der Waals surface area contributed by atoms with Gasteiger partial charge in [-0.3, -0.25) is 0 Å². The lowest BCUT2D eigenvalue weighted by molar-refractivity contribution is 0.513. The summed E-state index contributed by atoms with van der Waals surface area (Å²) in [6.45, 7) is 12.2. The van der Waals surface area contributed by atoms with E-state index in [2.05, 4.69) is 39.8 Å². The van der Waals surface area contributed by atoms with E-state index in [0.717, 1.165) is 11.1 Å². The molecule has 0 radical (unpaired) electrons. The lowest BCUT2D eigenvalue weighted by atomic mass is 9.97. The summed E-state index contributed by atoms with van der Waals surface area (Å²) in [6.07, 6.45) is 12.3. The van der Waals surface area contributed by atoms with Crippen molar-refractivity contribution in [2.24, 2.45) is 9.98 Å². The maximum absolute atomic E-state index is 12.3. The van der Waals surface area contributed by atoms with Crippen molar-refractivity contribution in [3.8, 4) is 6.07 Å². The van der Waals surface area contributed by atoms with E-state index in [-0.39, 0.29) is 5.70 Å². The van der Waals surface area contributed by atoms with Crippen LogP contribution >= 0.6 is 0 Å². The van der Waals surface area contributed by atoms with Crippen LogP contribution in [0.15, 0.2) is 101 Å². The van der Waals surface area contributed by atoms with Gasteiger partial charge in [-0.15, -0.1) is 0 Å². The number of rotatable bonds is 10. The minimum absolute atomic E-state index is 0.191. The Morgan fingerprint density at radius 3 is 2.73 bits per heavy atom. The van der Waals surface area contributed by atoms with Crippen molar-refractivity contribution in [1.82, 2.24) is 20.4 Å². The summed E-state index contributed by atoms with van der Waals surface area (Å²) >= 11 is 0. The zero-order chi connectivity index (χ0) is 27.4. The molecule has 0 fully saturated rings. The molecule has 0 unspecified atom stereocenters. The van der Waals surface area contributed by atoms with Crippen LogP contribution in [0, 0.1) is 18.3 Å². The van der Waals surface area contributed by atoms with Crippen molar-refractivity contribution in [1.29, 1.82) is 5.26 Å². The smallest absolute Gasteiger partial charge is 0.151 e. The maximum Gasteiger partial charge on any atom is 0.151 e. The SMILES string of the molecule is C=C/N=C(/CN(C)/C=C(/NC(=C=O)C(/C=C/C)=C1\N=CC=CN1C)C(=C)c1cc(C#N)ccc1C)NC. The van der Waals surface area contributed by atoms with Gasteiger partial charge in [0, 0.05) is 46.0 Å². The Morgan fingerprint density at radius 1 is 1.38 bits per heavy atom. The maximum atomic E-state index is 12.3. The highest BCUT2D eigenvalue weighted by Crippen LogP contribution is 2.27. The van der Waals surface area contributed by atoms with Crippen LogP contribution < -0.4 is 10.6 Å². The molecule has 190 valence electrons. The molecular formula is C29H33N7O. The van der Waals surface area contributed by atoms with Crippen LogP contribution in [0.5, 0.6) is 0 Å². The van der Waals surface area contributed by atoms with E-state index >= 15 is 0 Å². The van der Waals surface area contributed by atoms with Gasteiger partial charge >= 0.3 is 0 Å². The molecule has 0 amide bonds. The monoisotopic (exact) mass is 495 g/mol. The Kier molecular flexibility index (Phi) is 10.6. The van der Waals surface area contributed by atoms with E-state index < -0.39 is 0 Å². The number of hydrogen-bond acceptors (Lipinski definition) is 7. The van der Waals surface area contributed by atoms with Crippen LogP contribution in [0.25, 0.3) is 5.57 Å². The molecule has 8 heteroatoms. The van der Waals surface area contributed by atoms with E-state index in [1.165, 1.54) is 6.20 Å². The zero-order valence-corrected chi connectivity index (χ0v) is 22.0. The van der Waals surface area contributed by atoms with Crippen LogP contribution in [0.3, 0.4) is 0 Å². The molecule has 0 aliphatic carbocycles. The van der Waals surface area contributed by atoms with Gasteiger partial charge in [-0.25, -0.2) is 14.8 Å². The molecule has 2 N–H and O–H groups in total. The molecule has 1 aliphatic heterocycles. The second-order valence-corrected chi connectivity index (χ2v) is 8.16. The number of carbonyl (C=O) groups excluding carboxylic acids is 1. The lowest BCUT2D eigenvalue weighted by Crippen LogP contribution is -2.31. The van der Waals surface area contributed by atoms with Gasteiger partial charge in [-0.2, -0.15) is 5.26 Å². The number of amidine groups is 1. The fourth-order valence-corrected chi connectivity index (χ4v) is 3.57. The molecular weight excluding hydrogens is 462 g/mol. The molecule has 2 rings (SSSR count). The molecule has 37 heavy (non-hydrogen) atoms. The lowest BCUT2D eigenvalue weighted by Gasteiger charge is -2.24. The molecule has 1 heterocycles. The fraction of sp³-hybridized carbons (Fsp3) is 0.207. The van der Waals surface area contributed by atoms with Crippen molar-refractivity contribution in [3.63, 3.8) is 0 Å². The number of nitrogens with zero attached hydrogens (tertiary/aromatic N) is 5. The average molecular weight is 496 g/mol. The molecule has 0 saturated carbocycles. The molecule has 1 aliphatic rings. The highest BCUT2D eigenvalue weighted by atomic mass is 16.1. The zero-order valence-electron chi connectivity index (χ0n) is 22.0. The highest BCUT2D eigenvalue weighted by molar-refractivity contribution is 5.85. The quantitative estimate of drug-likeness (QED) is 0.220. The van der Waals surface area contributed by atoms with E-state index in [9.17, 15) is 10.1 Å². The summed E-state index contributed by atoms with van der Waals surface area (Å²) in [6, 6.07) is 7.59. The minimum atomic E-state index is 0.191. The van der Waals surface area contributed by atoms with Crippen molar-refractivity contribution >= 4 is 23.6 Å². The van der Waals surface area contributed by atoms with Crippen LogP contribution in [-0.2, 0) is 4.79 Å². The Bertz CT molecular complexity index is 1310. The van der Waals surface area contributed by atoms with Crippen LogP contribution in [0.1, 0.15) is 23.6 Å². The van der Waals surface area contributed by atoms with Crippen molar-refractivity contribution in [2.75, 3.05) is 27.7 Å². The molecule has 8 nitrogen and oxygen atoms in total. The van der Waals surface area contributed by atoms with Crippen molar-refractivity contribution in [3.05, 3.63) is 108 Å². The Hall–Kier alpha value is -4.86. The predicted octanol–water partition coefficient (Wildman–Crippen LogP) is 4.04. The first kappa shape index (κ1) is 28.4. The molecule has 0 aromatic heterocycles. The number of hydrogen-bond donors (Lipinski definition) is 2. The summed E-state index contributed by atoms with van der Waals surface area (Å²) in [7, 11) is 5.52. The van der Waals surface area contributed by atoms with Crippen LogP contribution in [0.2, 0.25) is 0 Å². The van der Waals surface area contributed by atoms with Gasteiger partial charge in [-0.05, 0) is 48.8 Å². The molecule has 0 saturated heterocycles. The second kappa shape index (κ2) is 13.9. The summed E-state index contributed by atoms with van der Waals surface area (Å²) in [5, 5.41) is 15.7. The van der Waals surface area contributed by atoms with Crippen molar-refractivity contribution < 1.29 is 4.79 Å². The Morgan fingerprint density at radius 2 is 2.14 bits per heavy atom. The summed E-state index contributed by atoms with van der Waals surface area (Å²) in [5.41, 5.74) is 4.14. The van der Waals surface area contributed by atoms with Crippen LogP contribution in [0.4, 0.5) is 0 Å². The fourth-order valence-electron chi connectivity index (χ4n) is 3.57. The first-order chi connectivity index (χ1) is 17.8.